The highest BCUT2D eigenvalue weighted by Gasteiger charge is 2.26. The lowest BCUT2D eigenvalue weighted by Gasteiger charge is -2.27. The number of nitrogens with one attached hydrogen (secondary N) is 2. The fourth-order valence-electron chi connectivity index (χ4n) is 3.88. The summed E-state index contributed by atoms with van der Waals surface area (Å²) in [6, 6.07) is 13.7. The fourth-order valence-corrected chi connectivity index (χ4v) is 3.88. The van der Waals surface area contributed by atoms with E-state index in [0.717, 1.165) is 11.6 Å². The second kappa shape index (κ2) is 5.12. The van der Waals surface area contributed by atoms with Crippen molar-refractivity contribution in [1.82, 2.24) is 9.97 Å². The molecule has 23 heavy (non-hydrogen) atoms. The fraction of sp³-hybridized carbons (Fsp3) is 0.350. The predicted octanol–water partition coefficient (Wildman–Crippen LogP) is 4.93. The molecule has 3 aromatic rings. The Labute approximate surface area is 136 Å². The van der Waals surface area contributed by atoms with E-state index in [1.54, 1.807) is 0 Å². The molecule has 1 fully saturated rings. The lowest BCUT2D eigenvalue weighted by molar-refractivity contribution is 0.601. The smallest absolute Gasteiger partial charge is 0.139 e. The molecule has 2 aromatic heterocycles. The van der Waals surface area contributed by atoms with Crippen molar-refractivity contribution >= 4 is 16.7 Å². The van der Waals surface area contributed by atoms with Crippen LogP contribution in [0.5, 0.6) is 0 Å². The van der Waals surface area contributed by atoms with Crippen molar-refractivity contribution in [2.45, 2.75) is 44.1 Å². The standard InChI is InChI=1S/C20H21N3/c1-2-6-15-13(4-1)5-3-7-17(15)22-18-10-11-21-20-16(18)12-19(23-20)14-8-9-14/h1-2,4,6,10-12,14,17H,3,5,7-9H2,(H2,21,22,23)/t17-/m1/s1. The molecule has 3 nitrogen and oxygen atoms in total. The van der Waals surface area contributed by atoms with E-state index in [4.69, 9.17) is 0 Å². The van der Waals surface area contributed by atoms with Gasteiger partial charge in [-0.15, -0.1) is 0 Å². The molecule has 0 saturated heterocycles. The molecule has 0 radical (unpaired) electrons. The van der Waals surface area contributed by atoms with Crippen molar-refractivity contribution in [3.63, 3.8) is 0 Å². The van der Waals surface area contributed by atoms with Crippen molar-refractivity contribution in [3.8, 4) is 0 Å². The molecule has 2 heterocycles. The SMILES string of the molecule is c1ccc2c(c1)CCC[C@H]2Nc1ccnc2[nH]c(C3CC3)cc12. The van der Waals surface area contributed by atoms with E-state index in [9.17, 15) is 0 Å². The third-order valence-corrected chi connectivity index (χ3v) is 5.27. The van der Waals surface area contributed by atoms with E-state index >= 15 is 0 Å². The molecular weight excluding hydrogens is 282 g/mol. The summed E-state index contributed by atoms with van der Waals surface area (Å²) in [5, 5.41) is 5.03. The molecule has 2 aliphatic rings. The number of aryl methyl sites for hydroxylation is 1. The van der Waals surface area contributed by atoms with E-state index in [2.05, 4.69) is 51.7 Å². The van der Waals surface area contributed by atoms with Crippen LogP contribution < -0.4 is 5.32 Å². The van der Waals surface area contributed by atoms with Gasteiger partial charge in [0.2, 0.25) is 0 Å². The largest absolute Gasteiger partial charge is 0.378 e. The molecule has 0 unspecified atom stereocenters. The lowest BCUT2D eigenvalue weighted by atomic mass is 9.87. The zero-order valence-corrected chi connectivity index (χ0v) is 13.2. The van der Waals surface area contributed by atoms with Crippen LogP contribution in [-0.4, -0.2) is 9.97 Å². The van der Waals surface area contributed by atoms with E-state index in [1.807, 2.05) is 6.20 Å². The minimum absolute atomic E-state index is 0.407. The molecule has 2 N–H and O–H groups in total. The molecule has 2 aliphatic carbocycles. The predicted molar refractivity (Wildman–Crippen MR) is 93.8 cm³/mol. The first-order valence-electron chi connectivity index (χ1n) is 8.70. The van der Waals surface area contributed by atoms with Crippen LogP contribution in [0.1, 0.15) is 54.5 Å². The Morgan fingerprint density at radius 3 is 2.91 bits per heavy atom. The van der Waals surface area contributed by atoms with Gasteiger partial charge in [0.1, 0.15) is 5.65 Å². The molecule has 1 atom stereocenters. The summed E-state index contributed by atoms with van der Waals surface area (Å²) in [5.41, 5.74) is 6.53. The Hall–Kier alpha value is -2.29. The Kier molecular flexibility index (Phi) is 2.93. The van der Waals surface area contributed by atoms with Gasteiger partial charge in [-0.25, -0.2) is 4.98 Å². The highest BCUT2D eigenvalue weighted by molar-refractivity contribution is 5.90. The summed E-state index contributed by atoms with van der Waals surface area (Å²) >= 11 is 0. The van der Waals surface area contributed by atoms with Crippen LogP contribution in [0, 0.1) is 0 Å². The van der Waals surface area contributed by atoms with Crippen molar-refractivity contribution < 1.29 is 0 Å². The zero-order valence-electron chi connectivity index (χ0n) is 13.2. The number of anilines is 1. The highest BCUT2D eigenvalue weighted by Crippen LogP contribution is 2.41. The summed E-state index contributed by atoms with van der Waals surface area (Å²) in [6.07, 6.45) is 8.18. The second-order valence-electron chi connectivity index (χ2n) is 6.91. The summed E-state index contributed by atoms with van der Waals surface area (Å²) < 4.78 is 0. The summed E-state index contributed by atoms with van der Waals surface area (Å²) in [6.45, 7) is 0. The number of H-pyrrole nitrogens is 1. The second-order valence-corrected chi connectivity index (χ2v) is 6.91. The van der Waals surface area contributed by atoms with Crippen molar-refractivity contribution in [1.29, 1.82) is 0 Å². The molecule has 0 spiro atoms. The van der Waals surface area contributed by atoms with Crippen LogP contribution in [0.3, 0.4) is 0 Å². The van der Waals surface area contributed by atoms with Gasteiger partial charge in [-0.2, -0.15) is 0 Å². The van der Waals surface area contributed by atoms with E-state index in [1.165, 1.54) is 60.0 Å². The highest BCUT2D eigenvalue weighted by atomic mass is 14.9. The molecule has 0 aliphatic heterocycles. The third kappa shape index (κ3) is 2.31. The lowest BCUT2D eigenvalue weighted by Crippen LogP contribution is -2.17. The van der Waals surface area contributed by atoms with Gasteiger partial charge in [-0.1, -0.05) is 24.3 Å². The van der Waals surface area contributed by atoms with Gasteiger partial charge in [-0.05, 0) is 61.3 Å². The van der Waals surface area contributed by atoms with E-state index < -0.39 is 0 Å². The maximum absolute atomic E-state index is 4.51. The number of rotatable bonds is 3. The van der Waals surface area contributed by atoms with Gasteiger partial charge in [0.25, 0.3) is 0 Å². The quantitative estimate of drug-likeness (QED) is 0.720. The zero-order chi connectivity index (χ0) is 15.2. The first-order valence-corrected chi connectivity index (χ1v) is 8.70. The maximum atomic E-state index is 4.51. The van der Waals surface area contributed by atoms with Crippen molar-refractivity contribution in [2.24, 2.45) is 0 Å². The summed E-state index contributed by atoms with van der Waals surface area (Å²) in [4.78, 5) is 8.02. The Morgan fingerprint density at radius 1 is 1.09 bits per heavy atom. The number of hydrogen-bond donors (Lipinski definition) is 2. The number of hydrogen-bond acceptors (Lipinski definition) is 2. The number of aromatic amines is 1. The Balaban J connectivity index is 1.52. The van der Waals surface area contributed by atoms with Crippen molar-refractivity contribution in [2.75, 3.05) is 5.32 Å². The van der Waals surface area contributed by atoms with E-state index in [-0.39, 0.29) is 0 Å². The molecule has 1 aromatic carbocycles. The topological polar surface area (TPSA) is 40.7 Å². The van der Waals surface area contributed by atoms with Crippen LogP contribution in [0.4, 0.5) is 5.69 Å². The van der Waals surface area contributed by atoms with Crippen LogP contribution in [0.25, 0.3) is 11.0 Å². The van der Waals surface area contributed by atoms with E-state index in [0.29, 0.717) is 6.04 Å². The van der Waals surface area contributed by atoms with Gasteiger partial charge in [0.05, 0.1) is 6.04 Å². The molecule has 5 rings (SSSR count). The van der Waals surface area contributed by atoms with Gasteiger partial charge >= 0.3 is 0 Å². The van der Waals surface area contributed by atoms with Gasteiger partial charge < -0.3 is 10.3 Å². The molecule has 0 bridgehead atoms. The molecule has 1 saturated carbocycles. The maximum Gasteiger partial charge on any atom is 0.139 e. The summed E-state index contributed by atoms with van der Waals surface area (Å²) in [5.74, 6) is 0.729. The number of nitrogens with zero attached hydrogens (tertiary/aromatic N) is 1. The number of fused-ring (bicyclic) bond motifs is 2. The van der Waals surface area contributed by atoms with Gasteiger partial charge in [0, 0.05) is 23.0 Å². The van der Waals surface area contributed by atoms with Crippen molar-refractivity contribution in [3.05, 3.63) is 59.4 Å². The molecule has 116 valence electrons. The van der Waals surface area contributed by atoms with Crippen LogP contribution >= 0.6 is 0 Å². The van der Waals surface area contributed by atoms with Crippen LogP contribution in [-0.2, 0) is 6.42 Å². The van der Waals surface area contributed by atoms with Gasteiger partial charge in [-0.3, -0.25) is 0 Å². The number of aromatic nitrogens is 2. The first kappa shape index (κ1) is 13.2. The summed E-state index contributed by atoms with van der Waals surface area (Å²) in [7, 11) is 0. The Bertz CT molecular complexity index is 860. The number of benzene rings is 1. The van der Waals surface area contributed by atoms with Gasteiger partial charge in [0.15, 0.2) is 0 Å². The molecule has 0 amide bonds. The van der Waals surface area contributed by atoms with Crippen LogP contribution in [0.2, 0.25) is 0 Å². The average molecular weight is 303 g/mol. The average Bonchev–Trinajstić information content (AvgIpc) is 3.34. The molecular formula is C20H21N3. The minimum Gasteiger partial charge on any atom is -0.378 e. The van der Waals surface area contributed by atoms with Crippen LogP contribution in [0.15, 0.2) is 42.6 Å². The first-order chi connectivity index (χ1) is 11.4. The minimum atomic E-state index is 0.407. The normalized spacial score (nSPS) is 20.4. The Morgan fingerprint density at radius 2 is 2.00 bits per heavy atom. The monoisotopic (exact) mass is 303 g/mol. The molecule has 3 heteroatoms. The third-order valence-electron chi connectivity index (χ3n) is 5.27. The number of pyridine rings is 1.